The molecule has 0 aromatic heterocycles. The first-order valence-electron chi connectivity index (χ1n) is 12.2. The van der Waals surface area contributed by atoms with Gasteiger partial charge in [0.2, 0.25) is 0 Å². The lowest BCUT2D eigenvalue weighted by molar-refractivity contribution is -0.143. The predicted molar refractivity (Wildman–Crippen MR) is 144 cm³/mol. The van der Waals surface area contributed by atoms with E-state index in [1.54, 1.807) is 21.3 Å². The third-order valence-corrected chi connectivity index (χ3v) is 7.27. The predicted octanol–water partition coefficient (Wildman–Crippen LogP) is 5.79. The molecule has 0 saturated carbocycles. The second kappa shape index (κ2) is 11.0. The second-order valence-corrected chi connectivity index (χ2v) is 10.4. The number of hydrogen-bond donors (Lipinski definition) is 1. The van der Waals surface area contributed by atoms with Gasteiger partial charge in [-0.3, -0.25) is 4.79 Å². The molecule has 0 saturated heterocycles. The lowest BCUT2D eigenvalue weighted by atomic mass is 9.71. The van der Waals surface area contributed by atoms with Crippen molar-refractivity contribution in [2.45, 2.75) is 51.6 Å². The molecule has 2 aromatic rings. The Kier molecular flexibility index (Phi) is 7.97. The second-order valence-electron chi connectivity index (χ2n) is 9.47. The van der Waals surface area contributed by atoms with Crippen LogP contribution in [0.25, 0.3) is 0 Å². The van der Waals surface area contributed by atoms with Gasteiger partial charge in [0.05, 0.1) is 38.9 Å². The van der Waals surface area contributed by atoms with Crippen LogP contribution in [0.4, 0.5) is 0 Å². The standard InChI is InChI=1S/C29H32BrNO6/c1-15(2)37-29(33)26-16(3)31-21-11-18(17-7-9-24(35-5)25(13-17)36-6)12-22(32)28(21)27(26)20-14-19(30)8-10-23(20)34-4/h7-10,13-15,18,27,31H,11-12H2,1-6H3/t18-,27+/m0/s1. The molecule has 1 heterocycles. The van der Waals surface area contributed by atoms with E-state index in [9.17, 15) is 9.59 Å². The first-order valence-corrected chi connectivity index (χ1v) is 13.0. The summed E-state index contributed by atoms with van der Waals surface area (Å²) >= 11 is 3.55. The molecule has 196 valence electrons. The SMILES string of the molecule is COc1ccc([C@@H]2CC(=O)C3=C(C2)NC(C)=C(C(=O)OC(C)C)[C@H]3c2cc(Br)ccc2OC)cc1OC. The van der Waals surface area contributed by atoms with Crippen LogP contribution in [0.3, 0.4) is 0 Å². The largest absolute Gasteiger partial charge is 0.496 e. The van der Waals surface area contributed by atoms with Crippen LogP contribution in [0.5, 0.6) is 17.2 Å². The molecular formula is C29H32BrNO6. The molecule has 7 nitrogen and oxygen atoms in total. The van der Waals surface area contributed by atoms with Crippen LogP contribution < -0.4 is 19.5 Å². The lowest BCUT2D eigenvalue weighted by Gasteiger charge is -2.37. The van der Waals surface area contributed by atoms with Crippen molar-refractivity contribution in [2.24, 2.45) is 0 Å². The Labute approximate surface area is 225 Å². The number of allylic oxidation sites excluding steroid dienone is 3. The molecule has 0 unspecified atom stereocenters. The molecule has 1 N–H and O–H groups in total. The van der Waals surface area contributed by atoms with Crippen molar-refractivity contribution in [3.63, 3.8) is 0 Å². The normalized spacial score (nSPS) is 19.4. The molecule has 0 radical (unpaired) electrons. The van der Waals surface area contributed by atoms with E-state index in [0.29, 0.717) is 46.9 Å². The molecule has 0 fully saturated rings. The number of methoxy groups -OCH3 is 3. The summed E-state index contributed by atoms with van der Waals surface area (Å²) in [4.78, 5) is 27.2. The van der Waals surface area contributed by atoms with E-state index in [1.165, 1.54) is 0 Å². The number of benzene rings is 2. The number of hydrogen-bond acceptors (Lipinski definition) is 7. The number of dihydropyridines is 1. The Morgan fingerprint density at radius 1 is 0.973 bits per heavy atom. The Hall–Kier alpha value is -3.26. The lowest BCUT2D eigenvalue weighted by Crippen LogP contribution is -2.36. The maximum Gasteiger partial charge on any atom is 0.337 e. The number of carbonyl (C=O) groups excluding carboxylic acids is 2. The van der Waals surface area contributed by atoms with Gasteiger partial charge in [0.15, 0.2) is 17.3 Å². The fraction of sp³-hybridized carbons (Fsp3) is 0.379. The summed E-state index contributed by atoms with van der Waals surface area (Å²) in [6, 6.07) is 11.4. The topological polar surface area (TPSA) is 83.1 Å². The van der Waals surface area contributed by atoms with E-state index >= 15 is 0 Å². The maximum absolute atomic E-state index is 13.9. The minimum atomic E-state index is -0.617. The van der Waals surface area contributed by atoms with E-state index in [0.717, 1.165) is 21.3 Å². The molecule has 0 bridgehead atoms. The summed E-state index contributed by atoms with van der Waals surface area (Å²) in [6.45, 7) is 5.47. The average Bonchev–Trinajstić information content (AvgIpc) is 2.86. The number of halogens is 1. The molecule has 2 aromatic carbocycles. The molecule has 0 spiro atoms. The molecule has 1 aliphatic carbocycles. The van der Waals surface area contributed by atoms with Gasteiger partial charge in [-0.1, -0.05) is 22.0 Å². The van der Waals surface area contributed by atoms with E-state index in [-0.39, 0.29) is 17.8 Å². The van der Waals surface area contributed by atoms with Crippen LogP contribution in [0.2, 0.25) is 0 Å². The summed E-state index contributed by atoms with van der Waals surface area (Å²) in [6.07, 6.45) is 0.603. The molecule has 2 aliphatic rings. The van der Waals surface area contributed by atoms with Gasteiger partial charge in [0.1, 0.15) is 5.75 Å². The van der Waals surface area contributed by atoms with Crippen LogP contribution in [-0.2, 0) is 14.3 Å². The van der Waals surface area contributed by atoms with Crippen LogP contribution in [0.1, 0.15) is 56.6 Å². The molecule has 1 aliphatic heterocycles. The quantitative estimate of drug-likeness (QED) is 0.422. The average molecular weight is 570 g/mol. The Morgan fingerprint density at radius 3 is 2.30 bits per heavy atom. The minimum absolute atomic E-state index is 0.0251. The first-order chi connectivity index (χ1) is 17.7. The first kappa shape index (κ1) is 26.8. The zero-order chi connectivity index (χ0) is 26.9. The molecule has 4 rings (SSSR count). The third kappa shape index (κ3) is 5.25. The summed E-state index contributed by atoms with van der Waals surface area (Å²) < 4.78 is 23.0. The monoisotopic (exact) mass is 569 g/mol. The van der Waals surface area contributed by atoms with Crippen LogP contribution in [0.15, 0.2) is 63.4 Å². The number of Topliss-reactive ketones (excluding diaryl/α,β-unsaturated/α-hetero) is 1. The summed E-state index contributed by atoms with van der Waals surface area (Å²) in [5.74, 6) is 0.707. The number of carbonyl (C=O) groups is 2. The van der Waals surface area contributed by atoms with E-state index in [4.69, 9.17) is 18.9 Å². The number of esters is 1. The van der Waals surface area contributed by atoms with Gasteiger partial charge in [0, 0.05) is 33.4 Å². The highest BCUT2D eigenvalue weighted by molar-refractivity contribution is 9.10. The van der Waals surface area contributed by atoms with E-state index < -0.39 is 11.9 Å². The van der Waals surface area contributed by atoms with Gasteiger partial charge < -0.3 is 24.3 Å². The molecule has 37 heavy (non-hydrogen) atoms. The van der Waals surface area contributed by atoms with Gasteiger partial charge in [-0.25, -0.2) is 4.79 Å². The maximum atomic E-state index is 13.9. The van der Waals surface area contributed by atoms with Crippen molar-refractivity contribution in [2.75, 3.05) is 21.3 Å². The number of rotatable bonds is 7. The van der Waals surface area contributed by atoms with Crippen molar-refractivity contribution in [3.8, 4) is 17.2 Å². The molecule has 2 atom stereocenters. The molecule has 8 heteroatoms. The Morgan fingerprint density at radius 2 is 1.65 bits per heavy atom. The zero-order valence-electron chi connectivity index (χ0n) is 21.9. The summed E-state index contributed by atoms with van der Waals surface area (Å²) in [7, 11) is 4.78. The van der Waals surface area contributed by atoms with Crippen LogP contribution in [-0.4, -0.2) is 39.2 Å². The fourth-order valence-electron chi connectivity index (χ4n) is 5.17. The van der Waals surface area contributed by atoms with Gasteiger partial charge in [-0.05, 0) is 69.0 Å². The highest BCUT2D eigenvalue weighted by Gasteiger charge is 2.42. The summed E-state index contributed by atoms with van der Waals surface area (Å²) in [5, 5.41) is 3.38. The fourth-order valence-corrected chi connectivity index (χ4v) is 5.55. The highest BCUT2D eigenvalue weighted by atomic mass is 79.9. The van der Waals surface area contributed by atoms with Gasteiger partial charge in [-0.2, -0.15) is 0 Å². The smallest absolute Gasteiger partial charge is 0.337 e. The highest BCUT2D eigenvalue weighted by Crippen LogP contribution is 2.48. The Balaban J connectivity index is 1.83. The molecule has 0 amide bonds. The summed E-state index contributed by atoms with van der Waals surface area (Å²) in [5.41, 5.74) is 4.19. The number of ether oxygens (including phenoxy) is 4. The van der Waals surface area contributed by atoms with Crippen molar-refractivity contribution in [1.82, 2.24) is 5.32 Å². The van der Waals surface area contributed by atoms with Gasteiger partial charge in [0.25, 0.3) is 0 Å². The van der Waals surface area contributed by atoms with Gasteiger partial charge >= 0.3 is 5.97 Å². The van der Waals surface area contributed by atoms with Crippen LogP contribution in [0, 0.1) is 0 Å². The van der Waals surface area contributed by atoms with Crippen molar-refractivity contribution >= 4 is 27.7 Å². The number of ketones is 1. The van der Waals surface area contributed by atoms with Crippen molar-refractivity contribution < 1.29 is 28.5 Å². The van der Waals surface area contributed by atoms with E-state index in [2.05, 4.69) is 21.2 Å². The van der Waals surface area contributed by atoms with E-state index in [1.807, 2.05) is 57.2 Å². The zero-order valence-corrected chi connectivity index (χ0v) is 23.5. The Bertz CT molecular complexity index is 1300. The van der Waals surface area contributed by atoms with Crippen molar-refractivity contribution in [1.29, 1.82) is 0 Å². The van der Waals surface area contributed by atoms with Crippen LogP contribution >= 0.6 is 15.9 Å². The van der Waals surface area contributed by atoms with Crippen molar-refractivity contribution in [3.05, 3.63) is 74.5 Å². The number of nitrogens with one attached hydrogen (secondary N) is 1. The van der Waals surface area contributed by atoms with Gasteiger partial charge in [-0.15, -0.1) is 0 Å². The minimum Gasteiger partial charge on any atom is -0.496 e. The molecular weight excluding hydrogens is 538 g/mol. The third-order valence-electron chi connectivity index (χ3n) is 6.77.